The lowest BCUT2D eigenvalue weighted by Gasteiger charge is -2.04. The van der Waals surface area contributed by atoms with Gasteiger partial charge in [-0.1, -0.05) is 18.2 Å². The second kappa shape index (κ2) is 6.44. The standard InChI is InChI=1S/C16H10F2N2O/c17-13-5-2-6-14(18)16(13)20-15(21)8-7-11-3-1-4-12(9-11)10-19/h1-9H,(H,20,21)/b8-7+. The molecule has 0 saturated carbocycles. The zero-order valence-electron chi connectivity index (χ0n) is 10.8. The Morgan fingerprint density at radius 2 is 1.81 bits per heavy atom. The molecule has 1 amide bonds. The Morgan fingerprint density at radius 3 is 2.48 bits per heavy atom. The zero-order valence-corrected chi connectivity index (χ0v) is 10.8. The van der Waals surface area contributed by atoms with Gasteiger partial charge in [0.05, 0.1) is 11.6 Å². The van der Waals surface area contributed by atoms with Gasteiger partial charge in [0.25, 0.3) is 0 Å². The van der Waals surface area contributed by atoms with E-state index in [2.05, 4.69) is 5.32 Å². The first-order valence-corrected chi connectivity index (χ1v) is 6.03. The summed E-state index contributed by atoms with van der Waals surface area (Å²) >= 11 is 0. The van der Waals surface area contributed by atoms with E-state index in [4.69, 9.17) is 5.26 Å². The van der Waals surface area contributed by atoms with Crippen molar-refractivity contribution in [1.29, 1.82) is 5.26 Å². The Morgan fingerprint density at radius 1 is 1.14 bits per heavy atom. The highest BCUT2D eigenvalue weighted by Crippen LogP contribution is 2.18. The molecule has 1 N–H and O–H groups in total. The van der Waals surface area contributed by atoms with Gasteiger partial charge in [-0.25, -0.2) is 8.78 Å². The molecule has 0 spiro atoms. The summed E-state index contributed by atoms with van der Waals surface area (Å²) in [5, 5.41) is 10.9. The molecule has 5 heteroatoms. The van der Waals surface area contributed by atoms with Gasteiger partial charge in [-0.3, -0.25) is 4.79 Å². The Hall–Kier alpha value is -3.00. The summed E-state index contributed by atoms with van der Waals surface area (Å²) < 4.78 is 26.7. The van der Waals surface area contributed by atoms with Crippen molar-refractivity contribution in [2.75, 3.05) is 5.32 Å². The lowest BCUT2D eigenvalue weighted by atomic mass is 10.1. The number of benzene rings is 2. The summed E-state index contributed by atoms with van der Waals surface area (Å²) in [6.07, 6.45) is 2.59. The average Bonchev–Trinajstić information content (AvgIpc) is 2.49. The van der Waals surface area contributed by atoms with Crippen LogP contribution in [-0.2, 0) is 4.79 Å². The number of amides is 1. The first-order chi connectivity index (χ1) is 10.1. The Labute approximate surface area is 120 Å². The summed E-state index contributed by atoms with van der Waals surface area (Å²) in [5.74, 6) is -2.35. The van der Waals surface area contributed by atoms with Crippen molar-refractivity contribution in [2.24, 2.45) is 0 Å². The fraction of sp³-hybridized carbons (Fsp3) is 0. The second-order valence-electron chi connectivity index (χ2n) is 4.16. The van der Waals surface area contributed by atoms with E-state index >= 15 is 0 Å². The first kappa shape index (κ1) is 14.4. The molecule has 0 fully saturated rings. The number of carbonyl (C=O) groups excluding carboxylic acids is 1. The highest BCUT2D eigenvalue weighted by atomic mass is 19.1. The fourth-order valence-electron chi connectivity index (χ4n) is 1.67. The van der Waals surface area contributed by atoms with Crippen LogP contribution in [0.2, 0.25) is 0 Å². The Bertz CT molecular complexity index is 728. The van der Waals surface area contributed by atoms with Gasteiger partial charge in [0.15, 0.2) is 0 Å². The lowest BCUT2D eigenvalue weighted by molar-refractivity contribution is -0.111. The van der Waals surface area contributed by atoms with E-state index in [-0.39, 0.29) is 0 Å². The van der Waals surface area contributed by atoms with Crippen molar-refractivity contribution in [3.8, 4) is 6.07 Å². The summed E-state index contributed by atoms with van der Waals surface area (Å²) in [4.78, 5) is 11.6. The predicted octanol–water partition coefficient (Wildman–Crippen LogP) is 3.49. The number of nitriles is 1. The normalized spacial score (nSPS) is 10.3. The van der Waals surface area contributed by atoms with E-state index in [1.54, 1.807) is 24.3 Å². The minimum atomic E-state index is -0.844. The van der Waals surface area contributed by atoms with Crippen LogP contribution in [-0.4, -0.2) is 5.91 Å². The van der Waals surface area contributed by atoms with Gasteiger partial charge in [-0.05, 0) is 35.9 Å². The molecule has 104 valence electrons. The molecule has 3 nitrogen and oxygen atoms in total. The lowest BCUT2D eigenvalue weighted by Crippen LogP contribution is -2.10. The van der Waals surface area contributed by atoms with Crippen molar-refractivity contribution >= 4 is 17.7 Å². The summed E-state index contributed by atoms with van der Waals surface area (Å²) in [6.45, 7) is 0. The molecule has 0 aliphatic carbocycles. The van der Waals surface area contributed by atoms with Crippen molar-refractivity contribution in [3.63, 3.8) is 0 Å². The van der Waals surface area contributed by atoms with E-state index < -0.39 is 23.2 Å². The highest BCUT2D eigenvalue weighted by Gasteiger charge is 2.09. The molecule has 0 saturated heterocycles. The minimum Gasteiger partial charge on any atom is -0.318 e. The van der Waals surface area contributed by atoms with E-state index in [9.17, 15) is 13.6 Å². The van der Waals surface area contributed by atoms with Crippen LogP contribution in [0.1, 0.15) is 11.1 Å². The maximum atomic E-state index is 13.4. The number of nitrogens with zero attached hydrogens (tertiary/aromatic N) is 1. The average molecular weight is 284 g/mol. The van der Waals surface area contributed by atoms with Crippen LogP contribution in [0.25, 0.3) is 6.08 Å². The number of carbonyl (C=O) groups is 1. The van der Waals surface area contributed by atoms with Gasteiger partial charge in [0.1, 0.15) is 17.3 Å². The van der Waals surface area contributed by atoms with Crippen molar-refractivity contribution in [3.05, 3.63) is 71.3 Å². The van der Waals surface area contributed by atoms with Crippen LogP contribution < -0.4 is 5.32 Å². The highest BCUT2D eigenvalue weighted by molar-refractivity contribution is 6.02. The van der Waals surface area contributed by atoms with Gasteiger partial charge in [-0.15, -0.1) is 0 Å². The van der Waals surface area contributed by atoms with E-state index in [1.165, 1.54) is 12.1 Å². The quantitative estimate of drug-likeness (QED) is 0.877. The summed E-state index contributed by atoms with van der Waals surface area (Å²) in [5.41, 5.74) is 0.605. The largest absolute Gasteiger partial charge is 0.318 e. The third kappa shape index (κ3) is 3.74. The van der Waals surface area contributed by atoms with Gasteiger partial charge in [-0.2, -0.15) is 5.26 Å². The third-order valence-electron chi connectivity index (χ3n) is 2.65. The smallest absolute Gasteiger partial charge is 0.248 e. The fourth-order valence-corrected chi connectivity index (χ4v) is 1.67. The number of halogens is 2. The second-order valence-corrected chi connectivity index (χ2v) is 4.16. The first-order valence-electron chi connectivity index (χ1n) is 6.03. The van der Waals surface area contributed by atoms with Crippen LogP contribution in [0.15, 0.2) is 48.5 Å². The Balaban J connectivity index is 2.11. The number of para-hydroxylation sites is 1. The number of hydrogen-bond acceptors (Lipinski definition) is 2. The monoisotopic (exact) mass is 284 g/mol. The Kier molecular flexibility index (Phi) is 4.42. The molecule has 0 unspecified atom stereocenters. The molecule has 0 heterocycles. The van der Waals surface area contributed by atoms with E-state index in [0.29, 0.717) is 11.1 Å². The number of hydrogen-bond donors (Lipinski definition) is 1. The molecule has 0 radical (unpaired) electrons. The van der Waals surface area contributed by atoms with E-state index in [1.807, 2.05) is 6.07 Å². The summed E-state index contributed by atoms with van der Waals surface area (Å²) in [7, 11) is 0. The molecule has 2 rings (SSSR count). The number of nitrogens with one attached hydrogen (secondary N) is 1. The molecule has 0 aliphatic heterocycles. The maximum absolute atomic E-state index is 13.4. The zero-order chi connectivity index (χ0) is 15.2. The molecule has 21 heavy (non-hydrogen) atoms. The van der Waals surface area contributed by atoms with Gasteiger partial charge < -0.3 is 5.32 Å². The van der Waals surface area contributed by atoms with Gasteiger partial charge in [0, 0.05) is 6.08 Å². The molecular formula is C16H10F2N2O. The minimum absolute atomic E-state index is 0.456. The summed E-state index contributed by atoms with van der Waals surface area (Å²) in [6, 6.07) is 11.9. The maximum Gasteiger partial charge on any atom is 0.248 e. The number of rotatable bonds is 3. The molecule has 2 aromatic carbocycles. The predicted molar refractivity (Wildman–Crippen MR) is 75.2 cm³/mol. The molecule has 0 aliphatic rings. The van der Waals surface area contributed by atoms with Crippen LogP contribution in [0.5, 0.6) is 0 Å². The topological polar surface area (TPSA) is 52.9 Å². The van der Waals surface area contributed by atoms with Gasteiger partial charge in [0.2, 0.25) is 5.91 Å². The number of anilines is 1. The SMILES string of the molecule is N#Cc1cccc(/C=C/C(=O)Nc2c(F)cccc2F)c1. The molecule has 2 aromatic rings. The van der Waals surface area contributed by atoms with Crippen LogP contribution >= 0.6 is 0 Å². The molecular weight excluding hydrogens is 274 g/mol. The van der Waals surface area contributed by atoms with Gasteiger partial charge >= 0.3 is 0 Å². The van der Waals surface area contributed by atoms with Crippen LogP contribution in [0.3, 0.4) is 0 Å². The van der Waals surface area contributed by atoms with E-state index in [0.717, 1.165) is 18.2 Å². The van der Waals surface area contributed by atoms with Crippen LogP contribution in [0.4, 0.5) is 14.5 Å². The van der Waals surface area contributed by atoms with Crippen molar-refractivity contribution < 1.29 is 13.6 Å². The molecule has 0 bridgehead atoms. The third-order valence-corrected chi connectivity index (χ3v) is 2.65. The van der Waals surface area contributed by atoms with Crippen molar-refractivity contribution in [1.82, 2.24) is 0 Å². The van der Waals surface area contributed by atoms with Crippen LogP contribution in [0, 0.1) is 23.0 Å². The van der Waals surface area contributed by atoms with Crippen molar-refractivity contribution in [2.45, 2.75) is 0 Å². The molecule has 0 atom stereocenters. The molecule has 0 aromatic heterocycles.